The van der Waals surface area contributed by atoms with Crippen LogP contribution in [0.2, 0.25) is 0 Å². The number of nitrogens with zero attached hydrogens (tertiary/aromatic N) is 2. The van der Waals surface area contributed by atoms with E-state index in [2.05, 4.69) is 26.9 Å². The fourth-order valence-electron chi connectivity index (χ4n) is 5.85. The summed E-state index contributed by atoms with van der Waals surface area (Å²) in [5.41, 5.74) is 5.03. The number of thiol groups is 1. The van der Waals surface area contributed by atoms with Gasteiger partial charge in [0.1, 0.15) is 0 Å². The van der Waals surface area contributed by atoms with E-state index in [0.717, 1.165) is 59.0 Å². The summed E-state index contributed by atoms with van der Waals surface area (Å²) in [5.74, 6) is 0.812. The summed E-state index contributed by atoms with van der Waals surface area (Å²) in [6.45, 7) is 1.36. The van der Waals surface area contributed by atoms with Crippen molar-refractivity contribution in [3.8, 4) is 5.69 Å². The zero-order valence-electron chi connectivity index (χ0n) is 20.5. The lowest BCUT2D eigenvalue weighted by molar-refractivity contribution is 0.0840. The molecular weight excluding hydrogens is 516 g/mol. The molecule has 0 spiro atoms. The maximum atomic E-state index is 14.5. The van der Waals surface area contributed by atoms with E-state index >= 15 is 0 Å². The Hall–Kier alpha value is -2.56. The zero-order valence-corrected chi connectivity index (χ0v) is 22.2. The van der Waals surface area contributed by atoms with Gasteiger partial charge in [0.15, 0.2) is 11.6 Å². The minimum atomic E-state index is -0.855. The third kappa shape index (κ3) is 4.64. The molecule has 0 atom stereocenters. The van der Waals surface area contributed by atoms with Gasteiger partial charge in [0.05, 0.1) is 24.3 Å². The summed E-state index contributed by atoms with van der Waals surface area (Å²) < 4.78 is 41.2. The maximum Gasteiger partial charge on any atom is 0.376 e. The van der Waals surface area contributed by atoms with Crippen molar-refractivity contribution in [3.05, 3.63) is 59.4 Å². The van der Waals surface area contributed by atoms with E-state index in [-0.39, 0.29) is 11.2 Å². The van der Waals surface area contributed by atoms with Crippen molar-refractivity contribution < 1.29 is 23.0 Å². The molecule has 0 aliphatic carbocycles. The number of ether oxygens (including phenoxy) is 2. The molecule has 196 valence electrons. The molecule has 1 N–H and O–H groups in total. The average molecular weight is 546 g/mol. The molecule has 2 aromatic heterocycles. The summed E-state index contributed by atoms with van der Waals surface area (Å²) in [7, 11) is 2.33. The number of benzene rings is 2. The number of fused-ring (bicyclic) bond motifs is 2. The standard InChI is InChI=1S/C27H29F2N3O3S2/c1-34-27(33)36-37-10-6-16(7-11-37)25-20-14-23-18(15-30-31-23)12-24(20)32(19-2-3-21(28)22(29)13-19)26(25)17-4-8-35-9-5-17/h2-3,12-17,37H,4-11H2,1H3,(H,30,31). The summed E-state index contributed by atoms with van der Waals surface area (Å²) >= 11 is 0. The van der Waals surface area contributed by atoms with Crippen molar-refractivity contribution >= 4 is 47.8 Å². The number of H-pyrrole nitrogens is 1. The SMILES string of the molecule is COC(=O)S[SH]1CCC(c2c(C3CCOCC3)n(-c3ccc(F)c(F)c3)c3cc4cn[nH]c4cc23)CC1. The van der Waals surface area contributed by atoms with Crippen LogP contribution in [-0.2, 0) is 9.47 Å². The Morgan fingerprint density at radius 2 is 1.89 bits per heavy atom. The van der Waals surface area contributed by atoms with Crippen LogP contribution in [0.5, 0.6) is 0 Å². The van der Waals surface area contributed by atoms with Crippen molar-refractivity contribution in [2.45, 2.75) is 37.5 Å². The van der Waals surface area contributed by atoms with Gasteiger partial charge in [-0.3, -0.25) is 5.10 Å². The van der Waals surface area contributed by atoms with Crippen LogP contribution < -0.4 is 0 Å². The summed E-state index contributed by atoms with van der Waals surface area (Å²) in [6, 6.07) is 8.43. The highest BCUT2D eigenvalue weighted by molar-refractivity contribution is 8.90. The van der Waals surface area contributed by atoms with E-state index in [0.29, 0.717) is 24.8 Å². The number of hydrogen-bond donors (Lipinski definition) is 2. The molecule has 6 nitrogen and oxygen atoms in total. The molecule has 4 heterocycles. The Kier molecular flexibility index (Phi) is 6.89. The highest BCUT2D eigenvalue weighted by atomic mass is 33.1. The van der Waals surface area contributed by atoms with Crippen LogP contribution in [-0.4, -0.2) is 51.9 Å². The predicted octanol–water partition coefficient (Wildman–Crippen LogP) is 6.97. The molecule has 10 heteroatoms. The Balaban J connectivity index is 1.54. The van der Waals surface area contributed by atoms with E-state index in [1.54, 1.807) is 12.3 Å². The minimum absolute atomic E-state index is 0.205. The highest BCUT2D eigenvalue weighted by Gasteiger charge is 2.33. The molecule has 6 rings (SSSR count). The summed E-state index contributed by atoms with van der Waals surface area (Å²) in [4.78, 5) is 11.9. The van der Waals surface area contributed by atoms with Gasteiger partial charge in [-0.25, -0.2) is 13.6 Å². The first-order valence-electron chi connectivity index (χ1n) is 12.6. The quantitative estimate of drug-likeness (QED) is 0.165. The van der Waals surface area contributed by atoms with Crippen LogP contribution >= 0.6 is 20.7 Å². The van der Waals surface area contributed by atoms with Crippen LogP contribution in [0, 0.1) is 11.6 Å². The fourth-order valence-corrected chi connectivity index (χ4v) is 9.78. The van der Waals surface area contributed by atoms with Gasteiger partial charge in [0.25, 0.3) is 0 Å². The topological polar surface area (TPSA) is 69.1 Å². The van der Waals surface area contributed by atoms with Crippen LogP contribution in [0.15, 0.2) is 36.5 Å². The van der Waals surface area contributed by atoms with Gasteiger partial charge in [-0.2, -0.15) is 15.0 Å². The molecule has 0 unspecified atom stereocenters. The second-order valence-electron chi connectivity index (χ2n) is 9.69. The minimum Gasteiger partial charge on any atom is -0.460 e. The Morgan fingerprint density at radius 1 is 1.11 bits per heavy atom. The Morgan fingerprint density at radius 3 is 2.62 bits per heavy atom. The maximum absolute atomic E-state index is 14.5. The normalized spacial score (nSPS) is 22.0. The summed E-state index contributed by atoms with van der Waals surface area (Å²) in [5, 5.41) is 9.22. The van der Waals surface area contributed by atoms with E-state index in [4.69, 9.17) is 9.47 Å². The molecule has 0 saturated carbocycles. The smallest absolute Gasteiger partial charge is 0.376 e. The van der Waals surface area contributed by atoms with Crippen molar-refractivity contribution in [1.29, 1.82) is 0 Å². The second-order valence-corrected chi connectivity index (χ2v) is 14.2. The molecule has 2 saturated heterocycles. The molecule has 0 radical (unpaired) electrons. The number of carbonyl (C=O) groups excluding carboxylic acids is 1. The second kappa shape index (κ2) is 10.3. The van der Waals surface area contributed by atoms with Gasteiger partial charge in [-0.15, -0.1) is 0 Å². The predicted molar refractivity (Wildman–Crippen MR) is 146 cm³/mol. The monoisotopic (exact) mass is 545 g/mol. The molecular formula is C27H29F2N3O3S2. The van der Waals surface area contributed by atoms with Crippen LogP contribution in [0.1, 0.15) is 48.8 Å². The van der Waals surface area contributed by atoms with E-state index in [1.165, 1.54) is 41.3 Å². The van der Waals surface area contributed by atoms with Crippen LogP contribution in [0.3, 0.4) is 0 Å². The summed E-state index contributed by atoms with van der Waals surface area (Å²) in [6.07, 6.45) is 5.50. The molecule has 37 heavy (non-hydrogen) atoms. The lowest BCUT2D eigenvalue weighted by Crippen LogP contribution is -2.20. The largest absolute Gasteiger partial charge is 0.460 e. The number of carbonyl (C=O) groups is 1. The number of rotatable bonds is 4. The lowest BCUT2D eigenvalue weighted by atomic mass is 9.84. The number of nitrogens with one attached hydrogen (secondary N) is 1. The molecule has 0 amide bonds. The first kappa shape index (κ1) is 24.8. The van der Waals surface area contributed by atoms with Gasteiger partial charge in [0, 0.05) is 58.1 Å². The van der Waals surface area contributed by atoms with Crippen molar-refractivity contribution in [3.63, 3.8) is 0 Å². The van der Waals surface area contributed by atoms with Crippen molar-refractivity contribution in [1.82, 2.24) is 14.8 Å². The van der Waals surface area contributed by atoms with Gasteiger partial charge >= 0.3 is 5.30 Å². The van der Waals surface area contributed by atoms with E-state index in [1.807, 2.05) is 0 Å². The van der Waals surface area contributed by atoms with Gasteiger partial charge in [-0.1, -0.05) is 0 Å². The molecule has 2 aliphatic heterocycles. The molecule has 2 fully saturated rings. The fraction of sp³-hybridized carbons (Fsp3) is 0.407. The van der Waals surface area contributed by atoms with E-state index < -0.39 is 21.6 Å². The van der Waals surface area contributed by atoms with Gasteiger partial charge < -0.3 is 14.0 Å². The van der Waals surface area contributed by atoms with Crippen molar-refractivity contribution in [2.75, 3.05) is 31.8 Å². The highest BCUT2D eigenvalue weighted by Crippen LogP contribution is 2.52. The number of aromatic nitrogens is 3. The number of aromatic amines is 1. The number of methoxy groups -OCH3 is 1. The van der Waals surface area contributed by atoms with E-state index in [9.17, 15) is 13.6 Å². The number of hydrogen-bond acceptors (Lipinski definition) is 5. The molecule has 2 aliphatic rings. The first-order valence-corrected chi connectivity index (χ1v) is 15.7. The van der Waals surface area contributed by atoms with Crippen LogP contribution in [0.25, 0.3) is 27.5 Å². The third-order valence-corrected chi connectivity index (χ3v) is 12.0. The first-order chi connectivity index (χ1) is 18.0. The third-order valence-electron chi connectivity index (χ3n) is 7.61. The van der Waals surface area contributed by atoms with Gasteiger partial charge in [-0.05, 0) is 72.9 Å². The van der Waals surface area contributed by atoms with Crippen molar-refractivity contribution in [2.24, 2.45) is 0 Å². The zero-order chi connectivity index (χ0) is 25.5. The average Bonchev–Trinajstić information content (AvgIpc) is 3.51. The Labute approximate surface area is 219 Å². The Bertz CT molecular complexity index is 1460. The lowest BCUT2D eigenvalue weighted by Gasteiger charge is -2.32. The van der Waals surface area contributed by atoms with Crippen LogP contribution in [0.4, 0.5) is 13.6 Å². The van der Waals surface area contributed by atoms with Gasteiger partial charge in [0.2, 0.25) is 0 Å². The molecule has 2 aromatic carbocycles. The number of halogens is 2. The molecule has 0 bridgehead atoms. The molecule has 4 aromatic rings.